The minimum atomic E-state index is -4.08. The molecule has 0 aliphatic rings. The van der Waals surface area contributed by atoms with Crippen LogP contribution in [-0.2, 0) is 9.53 Å². The summed E-state index contributed by atoms with van der Waals surface area (Å²) in [5.41, 5.74) is 0. The van der Waals surface area contributed by atoms with Gasteiger partial charge in [0.15, 0.2) is 43.2 Å². The Morgan fingerprint density at radius 1 is 0.500 bits per heavy atom. The first-order valence-corrected chi connectivity index (χ1v) is 13.0. The van der Waals surface area contributed by atoms with Gasteiger partial charge in [-0.1, -0.05) is 84.0 Å². The quantitative estimate of drug-likeness (QED) is 0.0748. The Hall–Kier alpha value is -1.27. The van der Waals surface area contributed by atoms with E-state index in [9.17, 15) is 48.7 Å². The molecule has 0 aliphatic carbocycles. The van der Waals surface area contributed by atoms with E-state index in [4.69, 9.17) is 0 Å². The molecule has 0 bridgehead atoms. The molecule has 8 atom stereocenters. The van der Waals surface area contributed by atoms with Crippen molar-refractivity contribution in [3.05, 3.63) is 0 Å². The molecule has 8 unspecified atom stereocenters. The molecular formula is C25H43F10NO2. The molecular weight excluding hydrogens is 536 g/mol. The summed E-state index contributed by atoms with van der Waals surface area (Å²) in [5, 5.41) is 0. The standard InChI is InChI=1S/C25H40F10O2.H3N/c1-2-3-4-5-6-7-8-9-10-11-12-13-14-15-37-25(36)23(33)21(31)19(29)17(27)16(26)18(28)20(30)22(32)24(34)35;/h16-24H,2-15H2,1H3;1H3. The number of unbranched alkanes of at least 4 members (excludes halogenated alkanes) is 12. The second-order valence-electron chi connectivity index (χ2n) is 9.26. The molecule has 0 aliphatic heterocycles. The smallest absolute Gasteiger partial charge is 0.343 e. The van der Waals surface area contributed by atoms with Gasteiger partial charge in [0.2, 0.25) is 6.17 Å². The molecule has 0 amide bonds. The normalized spacial score (nSPS) is 18.1. The zero-order valence-corrected chi connectivity index (χ0v) is 21.9. The van der Waals surface area contributed by atoms with Gasteiger partial charge in [-0.2, -0.15) is 0 Å². The van der Waals surface area contributed by atoms with Gasteiger partial charge in [0, 0.05) is 0 Å². The van der Waals surface area contributed by atoms with Crippen molar-refractivity contribution in [3.63, 3.8) is 0 Å². The van der Waals surface area contributed by atoms with Crippen molar-refractivity contribution in [2.24, 2.45) is 0 Å². The molecule has 3 nitrogen and oxygen atoms in total. The maximum atomic E-state index is 13.8. The lowest BCUT2D eigenvalue weighted by molar-refractivity contribution is -0.155. The van der Waals surface area contributed by atoms with Gasteiger partial charge in [-0.3, -0.25) is 0 Å². The largest absolute Gasteiger partial charge is 0.463 e. The number of carbonyl (C=O) groups is 1. The van der Waals surface area contributed by atoms with E-state index < -0.39 is 61.8 Å². The molecule has 0 rings (SSSR count). The summed E-state index contributed by atoms with van der Waals surface area (Å²) in [4.78, 5) is 11.5. The van der Waals surface area contributed by atoms with Crippen LogP contribution in [0.5, 0.6) is 0 Å². The van der Waals surface area contributed by atoms with E-state index in [1.807, 2.05) is 0 Å². The first kappa shape index (κ1) is 38.9. The van der Waals surface area contributed by atoms with Gasteiger partial charge < -0.3 is 10.9 Å². The lowest BCUT2D eigenvalue weighted by Crippen LogP contribution is -2.48. The van der Waals surface area contributed by atoms with Gasteiger partial charge in [0.05, 0.1) is 6.61 Å². The molecule has 0 aromatic rings. The Balaban J connectivity index is 0. The van der Waals surface area contributed by atoms with Gasteiger partial charge in [-0.25, -0.2) is 48.7 Å². The molecule has 0 fully saturated rings. The molecule has 0 radical (unpaired) electrons. The highest BCUT2D eigenvalue weighted by molar-refractivity contribution is 5.75. The summed E-state index contributed by atoms with van der Waals surface area (Å²) in [6.45, 7) is 1.84. The first-order valence-electron chi connectivity index (χ1n) is 13.0. The van der Waals surface area contributed by atoms with E-state index in [2.05, 4.69) is 11.7 Å². The predicted octanol–water partition coefficient (Wildman–Crippen LogP) is 8.75. The van der Waals surface area contributed by atoms with Crippen molar-refractivity contribution in [1.82, 2.24) is 6.15 Å². The molecule has 0 saturated carbocycles. The minimum absolute atomic E-state index is 0. The van der Waals surface area contributed by atoms with Crippen LogP contribution in [-0.4, -0.2) is 68.4 Å². The molecule has 0 spiro atoms. The van der Waals surface area contributed by atoms with E-state index >= 15 is 0 Å². The van der Waals surface area contributed by atoms with Crippen molar-refractivity contribution in [2.75, 3.05) is 6.61 Å². The van der Waals surface area contributed by atoms with Crippen LogP contribution in [0.25, 0.3) is 0 Å². The van der Waals surface area contributed by atoms with Crippen LogP contribution < -0.4 is 6.15 Å². The van der Waals surface area contributed by atoms with Gasteiger partial charge in [-0.15, -0.1) is 0 Å². The van der Waals surface area contributed by atoms with Crippen LogP contribution in [0.3, 0.4) is 0 Å². The second-order valence-corrected chi connectivity index (χ2v) is 9.26. The molecule has 0 aromatic carbocycles. The number of hydrogen-bond donors (Lipinski definition) is 1. The molecule has 0 heterocycles. The number of halogens is 10. The van der Waals surface area contributed by atoms with E-state index in [-0.39, 0.29) is 12.8 Å². The highest BCUT2D eigenvalue weighted by atomic mass is 19.3. The van der Waals surface area contributed by atoms with Crippen LogP contribution in [0.2, 0.25) is 0 Å². The van der Waals surface area contributed by atoms with Crippen molar-refractivity contribution in [3.8, 4) is 0 Å². The Morgan fingerprint density at radius 3 is 1.18 bits per heavy atom. The fraction of sp³-hybridized carbons (Fsp3) is 0.960. The average Bonchev–Trinajstić information content (AvgIpc) is 2.89. The highest BCUT2D eigenvalue weighted by Crippen LogP contribution is 2.29. The zero-order chi connectivity index (χ0) is 28.4. The Labute approximate surface area is 219 Å². The third-order valence-corrected chi connectivity index (χ3v) is 6.06. The number of alkyl halides is 10. The maximum Gasteiger partial charge on any atom is 0.343 e. The fourth-order valence-electron chi connectivity index (χ4n) is 3.68. The molecule has 230 valence electrons. The van der Waals surface area contributed by atoms with E-state index in [1.165, 1.54) is 38.5 Å². The number of hydrogen-bond acceptors (Lipinski definition) is 3. The molecule has 3 N–H and O–H groups in total. The molecule has 38 heavy (non-hydrogen) atoms. The van der Waals surface area contributed by atoms with Crippen molar-refractivity contribution < 1.29 is 53.4 Å². The van der Waals surface area contributed by atoms with Crippen molar-refractivity contribution in [1.29, 1.82) is 0 Å². The SMILES string of the molecule is CCCCCCCCCCCCCCCOC(=O)C(F)C(F)C(F)C(F)C(F)C(F)C(F)C(F)C(F)F.N. The lowest BCUT2D eigenvalue weighted by Gasteiger charge is -2.25. The Kier molecular flexibility index (Phi) is 23.1. The van der Waals surface area contributed by atoms with E-state index in [0.29, 0.717) is 12.8 Å². The van der Waals surface area contributed by atoms with E-state index in [1.54, 1.807) is 0 Å². The highest BCUT2D eigenvalue weighted by Gasteiger charge is 2.49. The summed E-state index contributed by atoms with van der Waals surface area (Å²) in [5.74, 6) is -1.89. The topological polar surface area (TPSA) is 61.3 Å². The van der Waals surface area contributed by atoms with Crippen molar-refractivity contribution >= 4 is 5.97 Å². The van der Waals surface area contributed by atoms with E-state index in [0.717, 1.165) is 32.1 Å². The van der Waals surface area contributed by atoms with Gasteiger partial charge in [0.25, 0.3) is 6.43 Å². The maximum absolute atomic E-state index is 13.8. The molecule has 0 aromatic heterocycles. The number of ether oxygens (including phenoxy) is 1. The van der Waals surface area contributed by atoms with Crippen LogP contribution in [0.1, 0.15) is 90.4 Å². The Bertz CT molecular complexity index is 578. The third kappa shape index (κ3) is 15.4. The first-order chi connectivity index (χ1) is 17.5. The average molecular weight is 580 g/mol. The zero-order valence-electron chi connectivity index (χ0n) is 21.9. The lowest BCUT2D eigenvalue weighted by atomic mass is 9.98. The van der Waals surface area contributed by atoms with Crippen LogP contribution in [0.15, 0.2) is 0 Å². The third-order valence-electron chi connectivity index (χ3n) is 6.06. The summed E-state index contributed by atoms with van der Waals surface area (Å²) in [6.07, 6.45) is -20.9. The summed E-state index contributed by atoms with van der Waals surface area (Å²) in [6, 6.07) is 0. The van der Waals surface area contributed by atoms with Gasteiger partial charge in [0.1, 0.15) is 0 Å². The van der Waals surface area contributed by atoms with Crippen molar-refractivity contribution in [2.45, 2.75) is 146 Å². The minimum Gasteiger partial charge on any atom is -0.463 e. The van der Waals surface area contributed by atoms with Crippen LogP contribution >= 0.6 is 0 Å². The number of esters is 1. The Morgan fingerprint density at radius 2 is 0.816 bits per heavy atom. The summed E-state index contributed by atoms with van der Waals surface area (Å²) < 4.78 is 137. The number of rotatable bonds is 23. The molecule has 0 saturated heterocycles. The predicted molar refractivity (Wildman–Crippen MR) is 127 cm³/mol. The second kappa shape index (κ2) is 22.5. The fourth-order valence-corrected chi connectivity index (χ4v) is 3.68. The summed E-state index contributed by atoms with van der Waals surface area (Å²) in [7, 11) is 0. The van der Waals surface area contributed by atoms with Crippen LogP contribution in [0, 0.1) is 0 Å². The van der Waals surface area contributed by atoms with Gasteiger partial charge in [-0.05, 0) is 6.42 Å². The van der Waals surface area contributed by atoms with Gasteiger partial charge >= 0.3 is 5.97 Å². The summed E-state index contributed by atoms with van der Waals surface area (Å²) >= 11 is 0. The monoisotopic (exact) mass is 579 g/mol. The van der Waals surface area contributed by atoms with Crippen LogP contribution in [0.4, 0.5) is 43.9 Å². The number of carbonyl (C=O) groups excluding carboxylic acids is 1. The molecule has 13 heteroatoms.